The number of amides is 1. The minimum Gasteiger partial charge on any atom is -0.452 e. The molecule has 6 heteroatoms. The maximum Gasteiger partial charge on any atom is 0.338 e. The Morgan fingerprint density at radius 1 is 1.13 bits per heavy atom. The topological polar surface area (TPSA) is 64.6 Å². The lowest BCUT2D eigenvalue weighted by Crippen LogP contribution is -2.21. The number of nitrogens with one attached hydrogen (secondary N) is 1. The molecule has 0 bridgehead atoms. The standard InChI is InChI=1S/C17H16INO4/c1-22-10-12-4-2-5-13(8-12)17(21)23-11-16(20)19-15-7-3-6-14(18)9-15/h2-9H,10-11H2,1H3,(H,19,20). The molecule has 0 spiro atoms. The van der Waals surface area contributed by atoms with Crippen molar-refractivity contribution in [1.82, 2.24) is 0 Å². The molecule has 0 atom stereocenters. The van der Waals surface area contributed by atoms with Crippen LogP contribution in [-0.2, 0) is 20.9 Å². The summed E-state index contributed by atoms with van der Waals surface area (Å²) in [6.07, 6.45) is 0. The minimum absolute atomic E-state index is 0.335. The molecule has 2 aromatic carbocycles. The summed E-state index contributed by atoms with van der Waals surface area (Å²) in [5.41, 5.74) is 1.92. The van der Waals surface area contributed by atoms with Crippen molar-refractivity contribution in [3.8, 4) is 0 Å². The Morgan fingerprint density at radius 3 is 2.65 bits per heavy atom. The molecule has 0 heterocycles. The largest absolute Gasteiger partial charge is 0.452 e. The highest BCUT2D eigenvalue weighted by Crippen LogP contribution is 2.12. The van der Waals surface area contributed by atoms with Crippen LogP contribution in [0, 0.1) is 3.57 Å². The van der Waals surface area contributed by atoms with Gasteiger partial charge in [0.1, 0.15) is 0 Å². The number of methoxy groups -OCH3 is 1. The van der Waals surface area contributed by atoms with Crippen LogP contribution < -0.4 is 5.32 Å². The highest BCUT2D eigenvalue weighted by molar-refractivity contribution is 14.1. The molecule has 0 saturated carbocycles. The summed E-state index contributed by atoms with van der Waals surface area (Å²) in [6, 6.07) is 14.3. The number of esters is 1. The van der Waals surface area contributed by atoms with E-state index in [2.05, 4.69) is 27.9 Å². The quantitative estimate of drug-likeness (QED) is 0.570. The Bertz CT molecular complexity index is 702. The van der Waals surface area contributed by atoms with Crippen LogP contribution in [0.4, 0.5) is 5.69 Å². The fourth-order valence-electron chi connectivity index (χ4n) is 1.93. The van der Waals surface area contributed by atoms with Crippen LogP contribution in [0.25, 0.3) is 0 Å². The lowest BCUT2D eigenvalue weighted by molar-refractivity contribution is -0.119. The molecule has 120 valence electrons. The van der Waals surface area contributed by atoms with Gasteiger partial charge in [-0.2, -0.15) is 0 Å². The molecule has 0 aliphatic rings. The fraction of sp³-hybridized carbons (Fsp3) is 0.176. The van der Waals surface area contributed by atoms with E-state index in [0.29, 0.717) is 17.9 Å². The molecule has 0 aliphatic carbocycles. The number of carbonyl (C=O) groups excluding carboxylic acids is 2. The van der Waals surface area contributed by atoms with E-state index in [1.165, 1.54) is 0 Å². The monoisotopic (exact) mass is 425 g/mol. The van der Waals surface area contributed by atoms with E-state index >= 15 is 0 Å². The molecule has 0 saturated heterocycles. The molecule has 0 unspecified atom stereocenters. The fourth-order valence-corrected chi connectivity index (χ4v) is 2.48. The van der Waals surface area contributed by atoms with E-state index in [9.17, 15) is 9.59 Å². The first kappa shape index (κ1) is 17.4. The molecule has 0 fully saturated rings. The van der Waals surface area contributed by atoms with E-state index in [1.807, 2.05) is 24.3 Å². The van der Waals surface area contributed by atoms with Crippen molar-refractivity contribution in [2.45, 2.75) is 6.61 Å². The van der Waals surface area contributed by atoms with Gasteiger partial charge in [-0.1, -0.05) is 18.2 Å². The van der Waals surface area contributed by atoms with Gasteiger partial charge in [0.25, 0.3) is 5.91 Å². The van der Waals surface area contributed by atoms with E-state index in [4.69, 9.17) is 9.47 Å². The normalized spacial score (nSPS) is 10.2. The van der Waals surface area contributed by atoms with Gasteiger partial charge in [0.15, 0.2) is 6.61 Å². The van der Waals surface area contributed by atoms with Gasteiger partial charge in [-0.25, -0.2) is 4.79 Å². The number of hydrogen-bond donors (Lipinski definition) is 1. The number of carbonyl (C=O) groups is 2. The minimum atomic E-state index is -0.541. The second-order valence-corrected chi connectivity index (χ2v) is 6.01. The highest BCUT2D eigenvalue weighted by Gasteiger charge is 2.11. The third-order valence-electron chi connectivity index (χ3n) is 2.92. The highest BCUT2D eigenvalue weighted by atomic mass is 127. The number of ether oxygens (including phenoxy) is 2. The number of halogens is 1. The number of rotatable bonds is 6. The van der Waals surface area contributed by atoms with Gasteiger partial charge in [0, 0.05) is 16.4 Å². The van der Waals surface area contributed by atoms with Gasteiger partial charge in [-0.05, 0) is 58.5 Å². The van der Waals surface area contributed by atoms with Crippen LogP contribution in [0.5, 0.6) is 0 Å². The van der Waals surface area contributed by atoms with Crippen molar-refractivity contribution < 1.29 is 19.1 Å². The van der Waals surface area contributed by atoms with E-state index in [1.54, 1.807) is 31.4 Å². The van der Waals surface area contributed by atoms with E-state index in [-0.39, 0.29) is 12.5 Å². The molecule has 1 N–H and O–H groups in total. The molecular formula is C17H16INO4. The maximum absolute atomic E-state index is 12.0. The summed E-state index contributed by atoms with van der Waals surface area (Å²) < 4.78 is 11.1. The van der Waals surface area contributed by atoms with Gasteiger partial charge in [-0.3, -0.25) is 4.79 Å². The van der Waals surface area contributed by atoms with Crippen LogP contribution in [0.15, 0.2) is 48.5 Å². The van der Waals surface area contributed by atoms with Crippen molar-refractivity contribution in [3.05, 3.63) is 63.2 Å². The molecule has 0 aliphatic heterocycles. The number of anilines is 1. The first-order chi connectivity index (χ1) is 11.1. The Morgan fingerprint density at radius 2 is 1.91 bits per heavy atom. The first-order valence-electron chi connectivity index (χ1n) is 6.89. The van der Waals surface area contributed by atoms with Gasteiger partial charge >= 0.3 is 5.97 Å². The number of hydrogen-bond acceptors (Lipinski definition) is 4. The molecule has 5 nitrogen and oxygen atoms in total. The van der Waals surface area contributed by atoms with Crippen molar-refractivity contribution in [2.75, 3.05) is 19.0 Å². The Kier molecular flexibility index (Phi) is 6.54. The Balaban J connectivity index is 1.88. The van der Waals surface area contributed by atoms with Crippen molar-refractivity contribution in [1.29, 1.82) is 0 Å². The summed E-state index contributed by atoms with van der Waals surface area (Å²) in [6.45, 7) is 0.0764. The lowest BCUT2D eigenvalue weighted by atomic mass is 10.1. The van der Waals surface area contributed by atoms with Gasteiger partial charge in [0.05, 0.1) is 12.2 Å². The second-order valence-electron chi connectivity index (χ2n) is 4.77. The zero-order valence-electron chi connectivity index (χ0n) is 12.5. The predicted octanol–water partition coefficient (Wildman–Crippen LogP) is 3.23. The smallest absolute Gasteiger partial charge is 0.338 e. The van der Waals surface area contributed by atoms with Crippen molar-refractivity contribution in [2.24, 2.45) is 0 Å². The molecule has 0 aromatic heterocycles. The first-order valence-corrected chi connectivity index (χ1v) is 7.97. The van der Waals surface area contributed by atoms with Gasteiger partial charge < -0.3 is 14.8 Å². The molecule has 23 heavy (non-hydrogen) atoms. The molecule has 2 rings (SSSR count). The lowest BCUT2D eigenvalue weighted by Gasteiger charge is -2.08. The molecular weight excluding hydrogens is 409 g/mol. The SMILES string of the molecule is COCc1cccc(C(=O)OCC(=O)Nc2cccc(I)c2)c1. The summed E-state index contributed by atoms with van der Waals surface area (Å²) in [4.78, 5) is 23.8. The van der Waals surface area contributed by atoms with E-state index < -0.39 is 5.97 Å². The predicted molar refractivity (Wildman–Crippen MR) is 95.2 cm³/mol. The van der Waals surface area contributed by atoms with Crippen LogP contribution in [0.1, 0.15) is 15.9 Å². The summed E-state index contributed by atoms with van der Waals surface area (Å²) >= 11 is 2.15. The van der Waals surface area contributed by atoms with Crippen molar-refractivity contribution in [3.63, 3.8) is 0 Å². The zero-order valence-corrected chi connectivity index (χ0v) is 14.7. The third-order valence-corrected chi connectivity index (χ3v) is 3.59. The van der Waals surface area contributed by atoms with Crippen LogP contribution in [0.3, 0.4) is 0 Å². The van der Waals surface area contributed by atoms with Crippen molar-refractivity contribution >= 4 is 40.2 Å². The molecule has 2 aromatic rings. The molecule has 0 radical (unpaired) electrons. The maximum atomic E-state index is 12.0. The second kappa shape index (κ2) is 8.64. The summed E-state index contributed by atoms with van der Waals surface area (Å²) in [5, 5.41) is 2.68. The summed E-state index contributed by atoms with van der Waals surface area (Å²) in [5.74, 6) is -0.922. The average molecular weight is 425 g/mol. The van der Waals surface area contributed by atoms with Gasteiger partial charge in [-0.15, -0.1) is 0 Å². The molecule has 1 amide bonds. The van der Waals surface area contributed by atoms with Crippen LogP contribution in [-0.4, -0.2) is 25.6 Å². The van der Waals surface area contributed by atoms with Crippen LogP contribution >= 0.6 is 22.6 Å². The zero-order chi connectivity index (χ0) is 16.7. The number of benzene rings is 2. The Hall–Kier alpha value is -1.93. The van der Waals surface area contributed by atoms with E-state index in [0.717, 1.165) is 9.13 Å². The van der Waals surface area contributed by atoms with Gasteiger partial charge in [0.2, 0.25) is 0 Å². The Labute approximate surface area is 148 Å². The van der Waals surface area contributed by atoms with Crippen LogP contribution in [0.2, 0.25) is 0 Å². The third kappa shape index (κ3) is 5.65. The summed E-state index contributed by atoms with van der Waals surface area (Å²) in [7, 11) is 1.58. The average Bonchev–Trinajstić information content (AvgIpc) is 2.53.